The molecule has 11 nitrogen and oxygen atoms in total. The molecule has 2 aliphatic heterocycles. The zero-order valence-corrected chi connectivity index (χ0v) is 37.7. The highest BCUT2D eigenvalue weighted by Crippen LogP contribution is 2.46. The number of carbonyl (C=O) groups is 3. The Kier molecular flexibility index (Phi) is 13.4. The van der Waals surface area contributed by atoms with E-state index in [2.05, 4.69) is 81.7 Å². The minimum Gasteiger partial charge on any atom is -0.483 e. The number of nitrogens with one attached hydrogen (secondary N) is 2. The number of hydrogen-bond donors (Lipinski definition) is 2. The number of fused-ring (bicyclic) bond motifs is 3. The maximum atomic E-state index is 14.4. The van der Waals surface area contributed by atoms with Gasteiger partial charge in [-0.3, -0.25) is 19.1 Å². The highest BCUT2D eigenvalue weighted by Gasteiger charge is 2.59. The normalized spacial score (nSPS) is 23.6. The van der Waals surface area contributed by atoms with E-state index in [1.165, 1.54) is 16.0 Å². The molecule has 4 aromatic rings. The Labute approximate surface area is 373 Å². The standard InChI is InChI=1S/C51H63N5O6S/c1-38-46-43(42-22-14-15-23-44(42)52-38)25-28-50(62-46)35-45(56(36-50)37-57)47(58)53-51(48(59)54-63(60,61)49(2)30-31-49)29-24-41(51)21-13-5-3-4-6-16-32-55(33-26-39-17-9-7-10-18-39)34-27-40-19-11-8-12-20-40/h7-15,17-23,37,41,45H,3-6,16,24-36H2,1-2H3,(H,53,58)(H,54,59). The van der Waals surface area contributed by atoms with Crippen molar-refractivity contribution in [3.63, 3.8) is 0 Å². The molecule has 0 radical (unpaired) electrons. The van der Waals surface area contributed by atoms with Gasteiger partial charge in [0.2, 0.25) is 22.3 Å². The number of ether oxygens (including phenoxy) is 1. The predicted octanol–water partition coefficient (Wildman–Crippen LogP) is 7.40. The topological polar surface area (TPSA) is 138 Å². The second-order valence-electron chi connectivity index (χ2n) is 18.7. The summed E-state index contributed by atoms with van der Waals surface area (Å²) >= 11 is 0. The van der Waals surface area contributed by atoms with Gasteiger partial charge in [-0.2, -0.15) is 0 Å². The molecule has 4 atom stereocenters. The summed E-state index contributed by atoms with van der Waals surface area (Å²) in [6.45, 7) is 6.88. The second-order valence-corrected chi connectivity index (χ2v) is 20.9. The van der Waals surface area contributed by atoms with Crippen LogP contribution < -0.4 is 14.8 Å². The van der Waals surface area contributed by atoms with Crippen LogP contribution in [0.25, 0.3) is 10.9 Å². The first-order valence-corrected chi connectivity index (χ1v) is 24.6. The molecule has 0 bridgehead atoms. The monoisotopic (exact) mass is 873 g/mol. The lowest BCUT2D eigenvalue weighted by atomic mass is 9.65. The Morgan fingerprint density at radius 1 is 0.873 bits per heavy atom. The molecule has 3 amide bonds. The molecule has 1 saturated heterocycles. The first kappa shape index (κ1) is 44.5. The number of benzene rings is 3. The van der Waals surface area contributed by atoms with E-state index in [9.17, 15) is 22.8 Å². The van der Waals surface area contributed by atoms with Gasteiger partial charge in [0.15, 0.2) is 0 Å². The summed E-state index contributed by atoms with van der Waals surface area (Å²) in [4.78, 5) is 49.9. The highest BCUT2D eigenvalue weighted by molar-refractivity contribution is 7.91. The number of sulfonamides is 1. The SMILES string of the molecule is Cc1nc2ccccc2c2c1OC1(CC2)CC(C(=O)NC2(C(=O)NS(=O)(=O)C3(C)CC3)CCC2C=CCCCCCCN(CCc2ccccc2)CCc2ccccc2)N(C=O)C1. The van der Waals surface area contributed by atoms with Crippen LogP contribution >= 0.6 is 0 Å². The van der Waals surface area contributed by atoms with Crippen LogP contribution in [0.15, 0.2) is 97.1 Å². The van der Waals surface area contributed by atoms with Crippen LogP contribution in [0, 0.1) is 12.8 Å². The maximum absolute atomic E-state index is 14.4. The van der Waals surface area contributed by atoms with Crippen molar-refractivity contribution in [2.45, 2.75) is 126 Å². The number of hydrogen-bond acceptors (Lipinski definition) is 8. The quantitative estimate of drug-likeness (QED) is 0.0533. The van der Waals surface area contributed by atoms with Crippen molar-refractivity contribution in [2.75, 3.05) is 26.2 Å². The van der Waals surface area contributed by atoms with E-state index < -0.39 is 49.7 Å². The van der Waals surface area contributed by atoms with Crippen LogP contribution in [0.5, 0.6) is 5.75 Å². The van der Waals surface area contributed by atoms with Crippen molar-refractivity contribution in [1.29, 1.82) is 0 Å². The number of amides is 3. The van der Waals surface area contributed by atoms with Gasteiger partial charge < -0.3 is 19.9 Å². The summed E-state index contributed by atoms with van der Waals surface area (Å²) in [7, 11) is -3.96. The number of allylic oxidation sites excluding steroid dienone is 1. The first-order valence-electron chi connectivity index (χ1n) is 23.1. The van der Waals surface area contributed by atoms with Gasteiger partial charge in [0.05, 0.1) is 22.5 Å². The van der Waals surface area contributed by atoms with Gasteiger partial charge in [-0.15, -0.1) is 0 Å². The van der Waals surface area contributed by atoms with E-state index in [0.29, 0.717) is 44.3 Å². The van der Waals surface area contributed by atoms with Gasteiger partial charge in [0, 0.05) is 36.4 Å². The first-order chi connectivity index (χ1) is 30.4. The van der Waals surface area contributed by atoms with E-state index in [1.54, 1.807) is 6.92 Å². The zero-order chi connectivity index (χ0) is 44.1. The Balaban J connectivity index is 0.882. The molecule has 63 heavy (non-hydrogen) atoms. The number of aromatic nitrogens is 1. The third-order valence-corrected chi connectivity index (χ3v) is 16.5. The van der Waals surface area contributed by atoms with Gasteiger partial charge in [0.1, 0.15) is 22.9 Å². The number of aryl methyl sites for hydroxylation is 2. The van der Waals surface area contributed by atoms with Gasteiger partial charge in [-0.05, 0) is 108 Å². The summed E-state index contributed by atoms with van der Waals surface area (Å²) in [5.74, 6) is -0.890. The van der Waals surface area contributed by atoms with Gasteiger partial charge in [-0.1, -0.05) is 104 Å². The number of rotatable bonds is 20. The highest BCUT2D eigenvalue weighted by atomic mass is 32.2. The van der Waals surface area contributed by atoms with Crippen LogP contribution in [0.2, 0.25) is 0 Å². The molecular weight excluding hydrogens is 811 g/mol. The maximum Gasteiger partial charge on any atom is 0.259 e. The van der Waals surface area contributed by atoms with Crippen LogP contribution in [0.4, 0.5) is 0 Å². The number of para-hydroxylation sites is 1. The van der Waals surface area contributed by atoms with Crippen LogP contribution in [0.3, 0.4) is 0 Å². The number of pyridine rings is 1. The molecule has 3 heterocycles. The molecule has 3 fully saturated rings. The van der Waals surface area contributed by atoms with Crippen molar-refractivity contribution < 1.29 is 27.5 Å². The lowest BCUT2D eigenvalue weighted by molar-refractivity contribution is -0.141. The fraction of sp³-hybridized carbons (Fsp3) is 0.490. The van der Waals surface area contributed by atoms with Crippen molar-refractivity contribution in [1.82, 2.24) is 24.8 Å². The summed E-state index contributed by atoms with van der Waals surface area (Å²) in [5, 5.41) is 4.07. The molecule has 2 saturated carbocycles. The largest absolute Gasteiger partial charge is 0.483 e. The van der Waals surface area contributed by atoms with Crippen LogP contribution in [-0.4, -0.2) is 89.5 Å². The molecule has 2 aliphatic carbocycles. The lowest BCUT2D eigenvalue weighted by Gasteiger charge is -2.47. The average molecular weight is 874 g/mol. The van der Waals surface area contributed by atoms with Crippen molar-refractivity contribution in [3.8, 4) is 5.75 Å². The van der Waals surface area contributed by atoms with Gasteiger partial charge in [-0.25, -0.2) is 13.4 Å². The molecule has 1 aromatic heterocycles. The fourth-order valence-electron chi connectivity index (χ4n) is 9.84. The van der Waals surface area contributed by atoms with Gasteiger partial charge >= 0.3 is 0 Å². The van der Waals surface area contributed by atoms with E-state index >= 15 is 0 Å². The third kappa shape index (κ3) is 9.87. The minimum absolute atomic E-state index is 0.217. The smallest absolute Gasteiger partial charge is 0.259 e. The van der Waals surface area contributed by atoms with Crippen molar-refractivity contribution in [3.05, 3.63) is 119 Å². The van der Waals surface area contributed by atoms with Crippen LogP contribution in [0.1, 0.15) is 99.9 Å². The fourth-order valence-corrected chi connectivity index (χ4v) is 11.1. The zero-order valence-electron chi connectivity index (χ0n) is 36.9. The average Bonchev–Trinajstić information content (AvgIpc) is 3.96. The Bertz CT molecular complexity index is 2360. The van der Waals surface area contributed by atoms with E-state index in [-0.39, 0.29) is 19.4 Å². The molecule has 4 unspecified atom stereocenters. The number of likely N-dealkylation sites (tertiary alicyclic amines) is 1. The molecular formula is C51H63N5O6S. The van der Waals surface area contributed by atoms with E-state index in [0.717, 1.165) is 86.7 Å². The van der Waals surface area contributed by atoms with Crippen molar-refractivity contribution >= 4 is 39.2 Å². The summed E-state index contributed by atoms with van der Waals surface area (Å²) in [6, 6.07) is 28.4. The minimum atomic E-state index is -3.96. The third-order valence-electron chi connectivity index (χ3n) is 14.3. The Morgan fingerprint density at radius 3 is 2.19 bits per heavy atom. The van der Waals surface area contributed by atoms with Gasteiger partial charge in [0.25, 0.3) is 5.91 Å². The van der Waals surface area contributed by atoms with Crippen LogP contribution in [-0.2, 0) is 43.7 Å². The number of nitrogens with zero attached hydrogens (tertiary/aromatic N) is 3. The Morgan fingerprint density at radius 2 is 1.54 bits per heavy atom. The molecule has 4 aliphatic rings. The summed E-state index contributed by atoms with van der Waals surface area (Å²) in [5.41, 5.74) is 3.20. The molecule has 8 rings (SSSR count). The number of carbonyl (C=O) groups excluding carboxylic acids is 3. The van der Waals surface area contributed by atoms with Crippen molar-refractivity contribution in [2.24, 2.45) is 5.92 Å². The van der Waals surface area contributed by atoms with E-state index in [4.69, 9.17) is 9.72 Å². The molecule has 1 spiro atoms. The summed E-state index contributed by atoms with van der Waals surface area (Å²) in [6.07, 6.45) is 15.3. The molecule has 3 aromatic carbocycles. The second kappa shape index (κ2) is 19.0. The summed E-state index contributed by atoms with van der Waals surface area (Å²) < 4.78 is 34.8. The van der Waals surface area contributed by atoms with E-state index in [1.807, 2.05) is 37.3 Å². The lowest BCUT2D eigenvalue weighted by Crippen LogP contribution is -2.70. The molecule has 12 heteroatoms. The predicted molar refractivity (Wildman–Crippen MR) is 247 cm³/mol. The molecule has 334 valence electrons. The Hall–Kier alpha value is -5.07. The molecule has 2 N–H and O–H groups in total. The number of unbranched alkanes of at least 4 members (excludes halogenated alkanes) is 4.